The van der Waals surface area contributed by atoms with Crippen LogP contribution in [0, 0.1) is 5.92 Å². The highest BCUT2D eigenvalue weighted by Gasteiger charge is 2.16. The lowest BCUT2D eigenvalue weighted by Gasteiger charge is -2.31. The summed E-state index contributed by atoms with van der Waals surface area (Å²) in [7, 11) is 2.17. The average molecular weight is 349 g/mol. The average Bonchev–Trinajstić information content (AvgIpc) is 2.26. The first-order valence-electron chi connectivity index (χ1n) is 5.54. The molecule has 0 bridgehead atoms. The van der Waals surface area contributed by atoms with E-state index in [0.29, 0.717) is 12.0 Å². The second-order valence-electron chi connectivity index (χ2n) is 4.50. The van der Waals surface area contributed by atoms with Crippen LogP contribution < -0.4 is 4.90 Å². The molecule has 0 aliphatic heterocycles. The Morgan fingerprint density at radius 2 is 1.88 bits per heavy atom. The first-order valence-corrected chi connectivity index (χ1v) is 7.46. The molecule has 1 rings (SSSR count). The number of halogens is 2. The van der Waals surface area contributed by atoms with Crippen molar-refractivity contribution in [1.82, 2.24) is 0 Å². The second-order valence-corrected chi connectivity index (χ2v) is 5.98. The molecule has 0 saturated heterocycles. The predicted molar refractivity (Wildman–Crippen MR) is 79.5 cm³/mol. The van der Waals surface area contributed by atoms with Crippen molar-refractivity contribution in [3.05, 3.63) is 28.2 Å². The molecule has 0 fully saturated rings. The van der Waals surface area contributed by atoms with E-state index in [0.717, 1.165) is 9.80 Å². The van der Waals surface area contributed by atoms with Crippen LogP contribution in [-0.2, 0) is 5.33 Å². The van der Waals surface area contributed by atoms with E-state index in [4.69, 9.17) is 0 Å². The molecule has 1 atom stereocenters. The Kier molecular flexibility index (Phi) is 5.32. The van der Waals surface area contributed by atoms with E-state index in [1.54, 1.807) is 0 Å². The Bertz CT molecular complexity index is 350. The van der Waals surface area contributed by atoms with Gasteiger partial charge in [0.2, 0.25) is 0 Å². The zero-order valence-corrected chi connectivity index (χ0v) is 13.5. The van der Waals surface area contributed by atoms with E-state index in [1.165, 1.54) is 11.3 Å². The summed E-state index contributed by atoms with van der Waals surface area (Å²) in [5, 5.41) is 0.886. The number of rotatable bonds is 4. The molecule has 0 saturated carbocycles. The van der Waals surface area contributed by atoms with Gasteiger partial charge in [0.25, 0.3) is 0 Å². The summed E-state index contributed by atoms with van der Waals surface area (Å²) < 4.78 is 1.14. The lowest BCUT2D eigenvalue weighted by Crippen LogP contribution is -2.33. The van der Waals surface area contributed by atoms with Gasteiger partial charge in [-0.3, -0.25) is 0 Å². The van der Waals surface area contributed by atoms with Gasteiger partial charge in [-0.15, -0.1) is 0 Å². The highest BCUT2D eigenvalue weighted by atomic mass is 79.9. The Balaban J connectivity index is 3.03. The van der Waals surface area contributed by atoms with Gasteiger partial charge in [0.1, 0.15) is 0 Å². The van der Waals surface area contributed by atoms with Crippen LogP contribution in [0.15, 0.2) is 22.7 Å². The molecule has 0 radical (unpaired) electrons. The Labute approximate surface area is 115 Å². The second kappa shape index (κ2) is 6.06. The maximum atomic E-state index is 3.55. The molecule has 16 heavy (non-hydrogen) atoms. The molecule has 1 aromatic carbocycles. The van der Waals surface area contributed by atoms with Crippen LogP contribution in [0.1, 0.15) is 26.3 Å². The van der Waals surface area contributed by atoms with E-state index in [9.17, 15) is 0 Å². The van der Waals surface area contributed by atoms with Gasteiger partial charge in [-0.1, -0.05) is 45.7 Å². The number of alkyl halides is 1. The summed E-state index contributed by atoms with van der Waals surface area (Å²) in [6, 6.07) is 7.00. The van der Waals surface area contributed by atoms with Gasteiger partial charge in [0.05, 0.1) is 0 Å². The molecule has 0 heterocycles. The Morgan fingerprint density at radius 1 is 1.25 bits per heavy atom. The Morgan fingerprint density at radius 3 is 2.38 bits per heavy atom. The van der Waals surface area contributed by atoms with Gasteiger partial charge in [-0.05, 0) is 36.6 Å². The highest BCUT2D eigenvalue weighted by Crippen LogP contribution is 2.28. The van der Waals surface area contributed by atoms with Crippen LogP contribution in [0.5, 0.6) is 0 Å². The molecule has 3 heteroatoms. The quantitative estimate of drug-likeness (QED) is 0.705. The standard InChI is InChI=1S/C13H19Br2N/c1-9(2)10(3)16(4)13-6-5-12(15)7-11(13)8-14/h5-7,9-10H,8H2,1-4H3. The van der Waals surface area contributed by atoms with Gasteiger partial charge in [0, 0.05) is 28.6 Å². The van der Waals surface area contributed by atoms with Crippen molar-refractivity contribution in [2.45, 2.75) is 32.1 Å². The smallest absolute Gasteiger partial charge is 0.0408 e. The molecule has 0 N–H and O–H groups in total. The predicted octanol–water partition coefficient (Wildman–Crippen LogP) is 4.82. The third-order valence-corrected chi connectivity index (χ3v) is 4.24. The van der Waals surface area contributed by atoms with Crippen molar-refractivity contribution in [3.8, 4) is 0 Å². The lowest BCUT2D eigenvalue weighted by atomic mass is 10.0. The van der Waals surface area contributed by atoms with E-state index in [2.05, 4.69) is 82.8 Å². The SMILES string of the molecule is CC(C)C(C)N(C)c1ccc(Br)cc1CBr. The van der Waals surface area contributed by atoms with Gasteiger partial charge in [-0.2, -0.15) is 0 Å². The fraction of sp³-hybridized carbons (Fsp3) is 0.538. The Hall–Kier alpha value is -0.0200. The number of nitrogens with zero attached hydrogens (tertiary/aromatic N) is 1. The highest BCUT2D eigenvalue weighted by molar-refractivity contribution is 9.10. The fourth-order valence-electron chi connectivity index (χ4n) is 1.67. The number of hydrogen-bond acceptors (Lipinski definition) is 1. The van der Waals surface area contributed by atoms with Crippen LogP contribution in [0.3, 0.4) is 0 Å². The van der Waals surface area contributed by atoms with Crippen LogP contribution in [0.4, 0.5) is 5.69 Å². The van der Waals surface area contributed by atoms with Crippen LogP contribution in [0.2, 0.25) is 0 Å². The third-order valence-electron chi connectivity index (χ3n) is 3.14. The first-order chi connectivity index (χ1) is 7.47. The molecule has 0 amide bonds. The minimum absolute atomic E-state index is 0.541. The van der Waals surface area contributed by atoms with Crippen molar-refractivity contribution >= 4 is 37.5 Å². The molecule has 0 aliphatic carbocycles. The normalized spacial score (nSPS) is 12.9. The molecular weight excluding hydrogens is 330 g/mol. The zero-order valence-electron chi connectivity index (χ0n) is 10.3. The summed E-state index contributed by atoms with van der Waals surface area (Å²) in [5.74, 6) is 0.650. The maximum Gasteiger partial charge on any atom is 0.0408 e. The molecule has 0 aliphatic rings. The molecule has 90 valence electrons. The van der Waals surface area contributed by atoms with Gasteiger partial charge >= 0.3 is 0 Å². The summed E-state index contributed by atoms with van der Waals surface area (Å²) in [4.78, 5) is 2.35. The summed E-state index contributed by atoms with van der Waals surface area (Å²) in [5.41, 5.74) is 2.63. The third kappa shape index (κ3) is 3.24. The van der Waals surface area contributed by atoms with Crippen LogP contribution in [-0.4, -0.2) is 13.1 Å². The van der Waals surface area contributed by atoms with Crippen molar-refractivity contribution in [2.75, 3.05) is 11.9 Å². The summed E-state index contributed by atoms with van der Waals surface area (Å²) in [6.45, 7) is 6.78. The van der Waals surface area contributed by atoms with Gasteiger partial charge in [-0.25, -0.2) is 0 Å². The fourth-order valence-corrected chi connectivity index (χ4v) is 2.53. The number of anilines is 1. The van der Waals surface area contributed by atoms with E-state index in [1.807, 2.05) is 0 Å². The summed E-state index contributed by atoms with van der Waals surface area (Å²) in [6.07, 6.45) is 0. The monoisotopic (exact) mass is 347 g/mol. The van der Waals surface area contributed by atoms with Crippen molar-refractivity contribution < 1.29 is 0 Å². The minimum atomic E-state index is 0.541. The van der Waals surface area contributed by atoms with Crippen LogP contribution >= 0.6 is 31.9 Å². The van der Waals surface area contributed by atoms with Gasteiger partial charge in [0.15, 0.2) is 0 Å². The molecule has 1 aromatic rings. The van der Waals surface area contributed by atoms with E-state index >= 15 is 0 Å². The topological polar surface area (TPSA) is 3.24 Å². The van der Waals surface area contributed by atoms with Crippen molar-refractivity contribution in [1.29, 1.82) is 0 Å². The maximum absolute atomic E-state index is 3.55. The molecule has 1 nitrogen and oxygen atoms in total. The summed E-state index contributed by atoms with van der Waals surface area (Å²) >= 11 is 7.06. The van der Waals surface area contributed by atoms with E-state index < -0.39 is 0 Å². The number of hydrogen-bond donors (Lipinski definition) is 0. The minimum Gasteiger partial charge on any atom is -0.371 e. The molecular formula is C13H19Br2N. The number of benzene rings is 1. The lowest BCUT2D eigenvalue weighted by molar-refractivity contribution is 0.505. The molecule has 0 aromatic heterocycles. The van der Waals surface area contributed by atoms with Crippen LogP contribution in [0.25, 0.3) is 0 Å². The van der Waals surface area contributed by atoms with Crippen molar-refractivity contribution in [2.24, 2.45) is 5.92 Å². The molecule has 1 unspecified atom stereocenters. The van der Waals surface area contributed by atoms with Gasteiger partial charge < -0.3 is 4.90 Å². The van der Waals surface area contributed by atoms with Crippen molar-refractivity contribution in [3.63, 3.8) is 0 Å². The first kappa shape index (κ1) is 14.0. The van der Waals surface area contributed by atoms with E-state index in [-0.39, 0.29) is 0 Å². The largest absolute Gasteiger partial charge is 0.371 e. The molecule has 0 spiro atoms. The zero-order chi connectivity index (χ0) is 12.3.